The van der Waals surface area contributed by atoms with Gasteiger partial charge in [-0.2, -0.15) is 4.31 Å². The van der Waals surface area contributed by atoms with Gasteiger partial charge in [0.1, 0.15) is 11.5 Å². The van der Waals surface area contributed by atoms with Crippen LogP contribution < -0.4 is 14.4 Å². The summed E-state index contributed by atoms with van der Waals surface area (Å²) >= 11 is 0. The number of nitrogens with zero attached hydrogens (tertiary/aromatic N) is 2. The van der Waals surface area contributed by atoms with E-state index in [9.17, 15) is 18.0 Å². The first-order valence-corrected chi connectivity index (χ1v) is 13.1. The van der Waals surface area contributed by atoms with E-state index in [1.807, 2.05) is 6.92 Å². The number of esters is 1. The molecule has 2 aromatic carbocycles. The molecule has 1 amide bonds. The summed E-state index contributed by atoms with van der Waals surface area (Å²) in [6.07, 6.45) is 0.155. The summed E-state index contributed by atoms with van der Waals surface area (Å²) < 4.78 is 44.3. The average Bonchev–Trinajstić information content (AvgIpc) is 2.88. The number of rotatable bonds is 6. The third-order valence-electron chi connectivity index (χ3n) is 6.32. The molecule has 9 nitrogen and oxygen atoms in total. The lowest BCUT2D eigenvalue weighted by atomic mass is 9.97. The highest BCUT2D eigenvalue weighted by Gasteiger charge is 2.40. The molecule has 2 atom stereocenters. The molecule has 2 aliphatic rings. The van der Waals surface area contributed by atoms with Crippen LogP contribution in [0.3, 0.4) is 0 Å². The first-order valence-electron chi connectivity index (χ1n) is 11.6. The number of carbonyl (C=O) groups excluding carboxylic acids is 2. The highest BCUT2D eigenvalue weighted by atomic mass is 32.2. The number of benzene rings is 2. The number of methoxy groups -OCH3 is 1. The number of hydrogen-bond acceptors (Lipinski definition) is 7. The van der Waals surface area contributed by atoms with Gasteiger partial charge in [-0.1, -0.05) is 12.1 Å². The minimum Gasteiger partial charge on any atom is -0.494 e. The molecule has 0 aliphatic carbocycles. The molecule has 188 valence electrons. The van der Waals surface area contributed by atoms with Gasteiger partial charge in [0.25, 0.3) is 0 Å². The molecule has 35 heavy (non-hydrogen) atoms. The van der Waals surface area contributed by atoms with Gasteiger partial charge in [0, 0.05) is 13.1 Å². The second-order valence-corrected chi connectivity index (χ2v) is 10.5. The maximum atomic E-state index is 13.6. The normalized spacial score (nSPS) is 20.5. The van der Waals surface area contributed by atoms with Crippen molar-refractivity contribution >= 4 is 27.6 Å². The van der Waals surface area contributed by atoms with Gasteiger partial charge in [0.15, 0.2) is 0 Å². The zero-order chi connectivity index (χ0) is 25.2. The molecule has 1 saturated heterocycles. The van der Waals surface area contributed by atoms with Crippen molar-refractivity contribution in [3.8, 4) is 11.5 Å². The van der Waals surface area contributed by atoms with E-state index in [1.165, 1.54) is 22.4 Å². The largest absolute Gasteiger partial charge is 0.494 e. The van der Waals surface area contributed by atoms with Gasteiger partial charge in [-0.25, -0.2) is 13.2 Å². The van der Waals surface area contributed by atoms with Gasteiger partial charge in [-0.15, -0.1) is 0 Å². The average molecular weight is 503 g/mol. The van der Waals surface area contributed by atoms with Gasteiger partial charge in [0.2, 0.25) is 22.0 Å². The van der Waals surface area contributed by atoms with E-state index < -0.39 is 28.0 Å². The molecular weight excluding hydrogens is 472 g/mol. The van der Waals surface area contributed by atoms with Crippen molar-refractivity contribution in [3.05, 3.63) is 48.0 Å². The van der Waals surface area contributed by atoms with E-state index in [0.29, 0.717) is 43.2 Å². The van der Waals surface area contributed by atoms with E-state index >= 15 is 0 Å². The molecule has 2 aromatic rings. The van der Waals surface area contributed by atoms with E-state index in [-0.39, 0.29) is 23.9 Å². The van der Waals surface area contributed by atoms with E-state index in [0.717, 1.165) is 5.56 Å². The van der Waals surface area contributed by atoms with Crippen molar-refractivity contribution in [1.82, 2.24) is 4.31 Å². The van der Waals surface area contributed by atoms with Crippen molar-refractivity contribution in [2.24, 2.45) is 5.92 Å². The fraction of sp³-hybridized carbons (Fsp3) is 0.440. The molecule has 0 spiro atoms. The third kappa shape index (κ3) is 4.99. The van der Waals surface area contributed by atoms with Crippen LogP contribution in [0, 0.1) is 12.8 Å². The molecule has 2 unspecified atom stereocenters. The van der Waals surface area contributed by atoms with Crippen molar-refractivity contribution in [2.45, 2.75) is 37.7 Å². The van der Waals surface area contributed by atoms with Crippen molar-refractivity contribution < 1.29 is 32.2 Å². The summed E-state index contributed by atoms with van der Waals surface area (Å²) in [6, 6.07) is 11.8. The maximum Gasteiger partial charge on any atom is 0.348 e. The van der Waals surface area contributed by atoms with E-state index in [2.05, 4.69) is 0 Å². The van der Waals surface area contributed by atoms with Crippen LogP contribution in [0.25, 0.3) is 0 Å². The van der Waals surface area contributed by atoms with Crippen molar-refractivity contribution in [1.29, 1.82) is 0 Å². The Balaban J connectivity index is 1.56. The second kappa shape index (κ2) is 10.2. The van der Waals surface area contributed by atoms with Gasteiger partial charge in [-0.05, 0) is 62.6 Å². The van der Waals surface area contributed by atoms with Crippen LogP contribution in [0.5, 0.6) is 11.5 Å². The summed E-state index contributed by atoms with van der Waals surface area (Å²) in [7, 11) is -2.53. The molecule has 1 fully saturated rings. The predicted molar refractivity (Wildman–Crippen MR) is 129 cm³/mol. The Kier molecular flexibility index (Phi) is 7.32. The molecule has 0 aromatic heterocycles. The van der Waals surface area contributed by atoms with Crippen LogP contribution in [0.4, 0.5) is 5.69 Å². The Morgan fingerprint density at radius 1 is 1.14 bits per heavy atom. The predicted octanol–water partition coefficient (Wildman–Crippen LogP) is 2.76. The number of anilines is 1. The molecule has 0 radical (unpaired) electrons. The fourth-order valence-electron chi connectivity index (χ4n) is 4.53. The lowest BCUT2D eigenvalue weighted by molar-refractivity contribution is -0.148. The van der Waals surface area contributed by atoms with Crippen LogP contribution in [-0.2, 0) is 24.3 Å². The SMILES string of the molecule is CCOc1ccc(S(=O)(=O)N2CCCC(C(=O)N3CC(C(=O)OC)Oc4ccccc43)C2)cc1C. The number of ether oxygens (including phenoxy) is 3. The number of aryl methyl sites for hydroxylation is 1. The highest BCUT2D eigenvalue weighted by Crippen LogP contribution is 2.36. The Morgan fingerprint density at radius 2 is 1.91 bits per heavy atom. The number of fused-ring (bicyclic) bond motifs is 1. The quantitative estimate of drug-likeness (QED) is 0.560. The van der Waals surface area contributed by atoms with Gasteiger partial charge in [0.05, 0.1) is 36.8 Å². The summed E-state index contributed by atoms with van der Waals surface area (Å²) in [5, 5.41) is 0. The van der Waals surface area contributed by atoms with Crippen LogP contribution in [0.15, 0.2) is 47.4 Å². The maximum absolute atomic E-state index is 13.6. The van der Waals surface area contributed by atoms with Crippen LogP contribution in [-0.4, -0.2) is 64.1 Å². The highest BCUT2D eigenvalue weighted by molar-refractivity contribution is 7.89. The van der Waals surface area contributed by atoms with Gasteiger partial charge < -0.3 is 19.1 Å². The number of para-hydroxylation sites is 2. The summed E-state index contributed by atoms with van der Waals surface area (Å²) in [6.45, 7) is 4.57. The third-order valence-corrected chi connectivity index (χ3v) is 8.18. The molecule has 0 bridgehead atoms. The minimum atomic E-state index is -3.79. The Hall–Kier alpha value is -3.11. The van der Waals surface area contributed by atoms with Crippen molar-refractivity contribution in [2.75, 3.05) is 38.3 Å². The standard InChI is InChI=1S/C25H30N2O7S/c1-4-33-21-12-11-19(14-17(21)2)35(30,31)26-13-7-8-18(15-26)24(28)27-16-23(25(29)32-3)34-22-10-6-5-9-20(22)27/h5-6,9-12,14,18,23H,4,7-8,13,15-16H2,1-3H3. The van der Waals surface area contributed by atoms with Gasteiger partial charge in [-0.3, -0.25) is 4.79 Å². The number of amides is 1. The number of piperidine rings is 1. The van der Waals surface area contributed by atoms with Gasteiger partial charge >= 0.3 is 5.97 Å². The fourth-order valence-corrected chi connectivity index (χ4v) is 6.14. The topological polar surface area (TPSA) is 102 Å². The van der Waals surface area contributed by atoms with Crippen LogP contribution in [0.2, 0.25) is 0 Å². The van der Waals surface area contributed by atoms with Crippen LogP contribution in [0.1, 0.15) is 25.3 Å². The van der Waals surface area contributed by atoms with E-state index in [1.54, 1.807) is 43.3 Å². The summed E-state index contributed by atoms with van der Waals surface area (Å²) in [5.41, 5.74) is 1.29. The number of hydrogen-bond donors (Lipinski definition) is 0. The number of carbonyl (C=O) groups is 2. The lowest BCUT2D eigenvalue weighted by Crippen LogP contribution is -2.52. The lowest BCUT2D eigenvalue weighted by Gasteiger charge is -2.38. The summed E-state index contributed by atoms with van der Waals surface area (Å²) in [5.74, 6) is -0.308. The minimum absolute atomic E-state index is 0.00382. The van der Waals surface area contributed by atoms with Crippen LogP contribution >= 0.6 is 0 Å². The van der Waals surface area contributed by atoms with E-state index in [4.69, 9.17) is 14.2 Å². The molecular formula is C25H30N2O7S. The Bertz CT molecular complexity index is 1210. The zero-order valence-corrected chi connectivity index (χ0v) is 20.9. The molecule has 0 saturated carbocycles. The Labute approximate surface area is 205 Å². The molecule has 4 rings (SSSR count). The molecule has 10 heteroatoms. The first-order chi connectivity index (χ1) is 16.8. The zero-order valence-electron chi connectivity index (χ0n) is 20.1. The second-order valence-electron chi connectivity index (χ2n) is 8.61. The summed E-state index contributed by atoms with van der Waals surface area (Å²) in [4.78, 5) is 27.5. The molecule has 2 aliphatic heterocycles. The Morgan fingerprint density at radius 3 is 2.63 bits per heavy atom. The van der Waals surface area contributed by atoms with Crippen molar-refractivity contribution in [3.63, 3.8) is 0 Å². The smallest absolute Gasteiger partial charge is 0.348 e. The number of sulfonamides is 1. The molecule has 2 heterocycles. The first kappa shape index (κ1) is 25.0. The molecule has 0 N–H and O–H groups in total. The monoisotopic (exact) mass is 502 g/mol.